The quantitative estimate of drug-likeness (QED) is 0.675. The fourth-order valence-electron chi connectivity index (χ4n) is 3.36. The summed E-state index contributed by atoms with van der Waals surface area (Å²) in [6.07, 6.45) is 2.28. The van der Waals surface area contributed by atoms with Crippen LogP contribution in [0.2, 0.25) is 0 Å². The van der Waals surface area contributed by atoms with Crippen LogP contribution in [0, 0.1) is 6.92 Å². The number of phenolic OH excluding ortho intramolecular Hbond substituents is 2. The molecule has 3 rings (SSSR count). The number of nitrogens with zero attached hydrogens (tertiary/aromatic N) is 1. The maximum Gasteiger partial charge on any atom is 0.180 e. The molecular weight excluding hydrogens is 278 g/mol. The molecular formula is C18H21NO3. The first kappa shape index (κ1) is 14.9. The van der Waals surface area contributed by atoms with Gasteiger partial charge in [-0.3, -0.25) is 9.69 Å². The summed E-state index contributed by atoms with van der Waals surface area (Å²) in [4.78, 5) is 15.1. The van der Waals surface area contributed by atoms with Crippen molar-refractivity contribution in [3.05, 3.63) is 35.4 Å². The first-order valence-electron chi connectivity index (χ1n) is 7.73. The molecule has 0 bridgehead atoms. The lowest BCUT2D eigenvalue weighted by Crippen LogP contribution is -2.36. The molecule has 0 aliphatic carbocycles. The topological polar surface area (TPSA) is 60.8 Å². The molecule has 1 atom stereocenters. The van der Waals surface area contributed by atoms with Crippen LogP contribution in [0.5, 0.6) is 11.5 Å². The summed E-state index contributed by atoms with van der Waals surface area (Å²) in [5.41, 5.74) is 1.16. The summed E-state index contributed by atoms with van der Waals surface area (Å²) in [5, 5.41) is 21.3. The van der Waals surface area contributed by atoms with Gasteiger partial charge in [-0.25, -0.2) is 0 Å². The van der Waals surface area contributed by atoms with Crippen LogP contribution >= 0.6 is 0 Å². The number of ketones is 1. The molecule has 2 aromatic carbocycles. The predicted octanol–water partition coefficient (Wildman–Crippen LogP) is 3.23. The monoisotopic (exact) mass is 299 g/mol. The van der Waals surface area contributed by atoms with Crippen LogP contribution in [0.15, 0.2) is 24.3 Å². The molecule has 1 aliphatic heterocycles. The Morgan fingerprint density at radius 3 is 2.59 bits per heavy atom. The number of likely N-dealkylation sites (tertiary alicyclic amines) is 1. The van der Waals surface area contributed by atoms with E-state index in [0.29, 0.717) is 11.1 Å². The molecule has 1 saturated heterocycles. The average Bonchev–Trinajstić information content (AvgIpc) is 3.05. The van der Waals surface area contributed by atoms with Crippen LogP contribution in [0.3, 0.4) is 0 Å². The Hall–Kier alpha value is -2.07. The second-order valence-corrected chi connectivity index (χ2v) is 6.06. The van der Waals surface area contributed by atoms with Crippen LogP contribution in [0.4, 0.5) is 0 Å². The second kappa shape index (κ2) is 5.61. The van der Waals surface area contributed by atoms with Gasteiger partial charge in [0.05, 0.1) is 6.04 Å². The lowest BCUT2D eigenvalue weighted by Gasteiger charge is -2.23. The lowest BCUT2D eigenvalue weighted by molar-refractivity contribution is 0.0868. The Morgan fingerprint density at radius 2 is 1.91 bits per heavy atom. The minimum absolute atomic E-state index is 0.0701. The molecule has 0 aromatic heterocycles. The molecule has 1 heterocycles. The molecule has 0 radical (unpaired) electrons. The molecule has 22 heavy (non-hydrogen) atoms. The molecule has 116 valence electrons. The fraction of sp³-hybridized carbons (Fsp3) is 0.389. The number of carbonyl (C=O) groups is 1. The van der Waals surface area contributed by atoms with Crippen LogP contribution in [-0.4, -0.2) is 40.0 Å². The van der Waals surface area contributed by atoms with Crippen LogP contribution in [0.1, 0.15) is 35.7 Å². The third kappa shape index (κ3) is 2.33. The number of aromatic hydroxyl groups is 2. The molecule has 2 aromatic rings. The van der Waals surface area contributed by atoms with Crippen molar-refractivity contribution in [2.45, 2.75) is 32.7 Å². The first-order chi connectivity index (χ1) is 10.5. The van der Waals surface area contributed by atoms with E-state index in [-0.39, 0.29) is 23.3 Å². The van der Waals surface area contributed by atoms with E-state index in [4.69, 9.17) is 0 Å². The summed E-state index contributed by atoms with van der Waals surface area (Å²) >= 11 is 0. The minimum Gasteiger partial charge on any atom is -0.504 e. The zero-order chi connectivity index (χ0) is 15.9. The van der Waals surface area contributed by atoms with E-state index >= 15 is 0 Å². The zero-order valence-electron chi connectivity index (χ0n) is 13.0. The highest BCUT2D eigenvalue weighted by Crippen LogP contribution is 2.37. The van der Waals surface area contributed by atoms with Gasteiger partial charge >= 0.3 is 0 Å². The number of benzene rings is 2. The molecule has 1 aliphatic rings. The number of rotatable bonds is 3. The van der Waals surface area contributed by atoms with Crippen molar-refractivity contribution in [2.75, 3.05) is 13.1 Å². The SMILES string of the molecule is Cc1c(O)c(O)cc2cccc(C(=O)C(C)N3CCCC3)c12. The third-order valence-electron chi connectivity index (χ3n) is 4.70. The summed E-state index contributed by atoms with van der Waals surface area (Å²) in [5.74, 6) is -0.232. The maximum atomic E-state index is 12.9. The summed E-state index contributed by atoms with van der Waals surface area (Å²) in [6, 6.07) is 6.82. The molecule has 1 unspecified atom stereocenters. The van der Waals surface area contributed by atoms with Crippen molar-refractivity contribution >= 4 is 16.6 Å². The van der Waals surface area contributed by atoms with Gasteiger partial charge in [0.2, 0.25) is 0 Å². The van der Waals surface area contributed by atoms with Gasteiger partial charge in [-0.05, 0) is 56.6 Å². The Morgan fingerprint density at radius 1 is 1.23 bits per heavy atom. The average molecular weight is 299 g/mol. The third-order valence-corrected chi connectivity index (χ3v) is 4.70. The van der Waals surface area contributed by atoms with E-state index < -0.39 is 0 Å². The number of aryl methyl sites for hydroxylation is 1. The summed E-state index contributed by atoms with van der Waals surface area (Å²) in [7, 11) is 0. The van der Waals surface area contributed by atoms with Crippen molar-refractivity contribution in [3.8, 4) is 11.5 Å². The number of carbonyl (C=O) groups excluding carboxylic acids is 1. The summed E-state index contributed by atoms with van der Waals surface area (Å²) < 4.78 is 0. The van der Waals surface area contributed by atoms with Gasteiger partial charge in [-0.2, -0.15) is 0 Å². The predicted molar refractivity (Wildman–Crippen MR) is 86.6 cm³/mol. The largest absolute Gasteiger partial charge is 0.504 e. The highest BCUT2D eigenvalue weighted by atomic mass is 16.3. The number of hydrogen-bond donors (Lipinski definition) is 2. The smallest absolute Gasteiger partial charge is 0.180 e. The molecule has 2 N–H and O–H groups in total. The second-order valence-electron chi connectivity index (χ2n) is 6.06. The van der Waals surface area contributed by atoms with Gasteiger partial charge in [0, 0.05) is 11.1 Å². The number of phenols is 2. The Kier molecular flexibility index (Phi) is 3.79. The molecule has 0 saturated carbocycles. The highest BCUT2D eigenvalue weighted by molar-refractivity contribution is 6.12. The Balaban J connectivity index is 2.10. The molecule has 4 nitrogen and oxygen atoms in total. The first-order valence-corrected chi connectivity index (χ1v) is 7.73. The van der Waals surface area contributed by atoms with E-state index in [1.165, 1.54) is 6.07 Å². The van der Waals surface area contributed by atoms with Gasteiger partial charge in [0.25, 0.3) is 0 Å². The molecule has 0 spiro atoms. The van der Waals surface area contributed by atoms with Gasteiger partial charge in [-0.1, -0.05) is 18.2 Å². The van der Waals surface area contributed by atoms with E-state index in [0.717, 1.165) is 36.7 Å². The van der Waals surface area contributed by atoms with E-state index in [1.807, 2.05) is 19.1 Å². The number of hydrogen-bond acceptors (Lipinski definition) is 4. The highest BCUT2D eigenvalue weighted by Gasteiger charge is 2.26. The molecule has 1 fully saturated rings. The van der Waals surface area contributed by atoms with Crippen molar-refractivity contribution in [1.29, 1.82) is 0 Å². The molecule has 4 heteroatoms. The minimum atomic E-state index is -0.163. The van der Waals surface area contributed by atoms with Crippen molar-refractivity contribution in [2.24, 2.45) is 0 Å². The zero-order valence-corrected chi connectivity index (χ0v) is 13.0. The van der Waals surface area contributed by atoms with E-state index in [1.54, 1.807) is 13.0 Å². The fourth-order valence-corrected chi connectivity index (χ4v) is 3.36. The van der Waals surface area contributed by atoms with Gasteiger partial charge < -0.3 is 10.2 Å². The Bertz CT molecular complexity index is 733. The maximum absolute atomic E-state index is 12.9. The van der Waals surface area contributed by atoms with Crippen molar-refractivity contribution in [1.82, 2.24) is 4.90 Å². The number of fused-ring (bicyclic) bond motifs is 1. The van der Waals surface area contributed by atoms with Gasteiger partial charge in [0.1, 0.15) is 0 Å². The van der Waals surface area contributed by atoms with Crippen molar-refractivity contribution < 1.29 is 15.0 Å². The summed E-state index contributed by atoms with van der Waals surface area (Å²) in [6.45, 7) is 5.60. The van der Waals surface area contributed by atoms with Crippen LogP contribution in [0.25, 0.3) is 10.8 Å². The molecule has 0 amide bonds. The van der Waals surface area contributed by atoms with Crippen molar-refractivity contribution in [3.63, 3.8) is 0 Å². The normalized spacial score (nSPS) is 17.0. The standard InChI is InChI=1S/C18H21NO3/c1-11-16-13(10-15(20)17(11)21)6-5-7-14(16)18(22)12(2)19-8-3-4-9-19/h5-7,10,12,20-21H,3-4,8-9H2,1-2H3. The Labute approximate surface area is 130 Å². The lowest BCUT2D eigenvalue weighted by atomic mass is 9.94. The number of Topliss-reactive ketones (excluding diaryl/α,β-unsaturated/α-hetero) is 1. The van der Waals surface area contributed by atoms with E-state index in [2.05, 4.69) is 4.90 Å². The van der Waals surface area contributed by atoms with Gasteiger partial charge in [0.15, 0.2) is 17.3 Å². The van der Waals surface area contributed by atoms with Gasteiger partial charge in [-0.15, -0.1) is 0 Å². The van der Waals surface area contributed by atoms with Crippen LogP contribution < -0.4 is 0 Å². The van der Waals surface area contributed by atoms with E-state index in [9.17, 15) is 15.0 Å². The van der Waals surface area contributed by atoms with Crippen LogP contribution in [-0.2, 0) is 0 Å².